The number of nitrogens with one attached hydrogen (secondary N) is 1. The first-order valence-electron chi connectivity index (χ1n) is 10.9. The monoisotopic (exact) mass is 430 g/mol. The predicted molar refractivity (Wildman–Crippen MR) is 127 cm³/mol. The summed E-state index contributed by atoms with van der Waals surface area (Å²) in [5.74, 6) is 3.51. The summed E-state index contributed by atoms with van der Waals surface area (Å²) >= 11 is 0. The Morgan fingerprint density at radius 3 is 2.50 bits per heavy atom. The van der Waals surface area contributed by atoms with Gasteiger partial charge in [0.15, 0.2) is 11.8 Å². The van der Waals surface area contributed by atoms with E-state index in [1.54, 1.807) is 7.11 Å². The van der Waals surface area contributed by atoms with E-state index in [2.05, 4.69) is 69.0 Å². The molecule has 0 spiro atoms. The summed E-state index contributed by atoms with van der Waals surface area (Å²) in [6, 6.07) is 18.6. The number of hydrogen-bond acceptors (Lipinski definition) is 4. The van der Waals surface area contributed by atoms with Crippen LogP contribution in [0, 0.1) is 6.92 Å². The van der Waals surface area contributed by atoms with Gasteiger partial charge in [-0.2, -0.15) is 0 Å². The zero-order valence-corrected chi connectivity index (χ0v) is 19.0. The summed E-state index contributed by atoms with van der Waals surface area (Å²) in [6.07, 6.45) is 3.28. The van der Waals surface area contributed by atoms with Gasteiger partial charge in [-0.3, -0.25) is 0 Å². The van der Waals surface area contributed by atoms with Gasteiger partial charge in [0.05, 0.1) is 20.2 Å². The number of rotatable bonds is 6. The van der Waals surface area contributed by atoms with Gasteiger partial charge in [0, 0.05) is 20.1 Å². The Hall–Kier alpha value is -3.61. The molecule has 1 aliphatic heterocycles. The number of aromatic nitrogens is 3. The molecular weight excluding hydrogens is 400 g/mol. The number of ether oxygens (including phenoxy) is 1. The standard InChI is InChI=1S/C25H30N6O/c1-19-28-29-24(30(19)2)18-27-25(26-17-20-9-11-23(32-3)12-10-20)31-15-13-22(14-16-31)21-7-5-4-6-8-21/h4-13H,14-18H2,1-3H3,(H,26,27). The molecule has 3 aromatic rings. The van der Waals surface area contributed by atoms with Crippen molar-refractivity contribution in [2.24, 2.45) is 12.0 Å². The van der Waals surface area contributed by atoms with Crippen LogP contribution in [0.4, 0.5) is 0 Å². The predicted octanol–water partition coefficient (Wildman–Crippen LogP) is 3.57. The minimum Gasteiger partial charge on any atom is -0.497 e. The topological polar surface area (TPSA) is 67.6 Å². The van der Waals surface area contributed by atoms with Crippen LogP contribution in [0.3, 0.4) is 0 Å². The fraction of sp³-hybridized carbons (Fsp3) is 0.320. The molecule has 0 aliphatic carbocycles. The average molecular weight is 431 g/mol. The summed E-state index contributed by atoms with van der Waals surface area (Å²) < 4.78 is 7.26. The fourth-order valence-electron chi connectivity index (χ4n) is 3.70. The van der Waals surface area contributed by atoms with Gasteiger partial charge in [0.1, 0.15) is 11.6 Å². The molecule has 1 N–H and O–H groups in total. The SMILES string of the molecule is COc1ccc(CN=C(NCc2nnc(C)n2C)N2CC=C(c3ccccc3)CC2)cc1. The first-order chi connectivity index (χ1) is 15.6. The summed E-state index contributed by atoms with van der Waals surface area (Å²) in [6.45, 7) is 4.85. The molecule has 2 aromatic carbocycles. The molecular formula is C25H30N6O. The third kappa shape index (κ3) is 5.17. The lowest BCUT2D eigenvalue weighted by atomic mass is 10.00. The first kappa shape index (κ1) is 21.6. The molecule has 7 nitrogen and oxygen atoms in total. The Kier molecular flexibility index (Phi) is 6.84. The van der Waals surface area contributed by atoms with Gasteiger partial charge < -0.3 is 19.5 Å². The number of aryl methyl sites for hydroxylation is 1. The quantitative estimate of drug-likeness (QED) is 0.478. The third-order valence-electron chi connectivity index (χ3n) is 5.81. The van der Waals surface area contributed by atoms with Crippen LogP contribution in [0.25, 0.3) is 5.57 Å². The smallest absolute Gasteiger partial charge is 0.194 e. The molecule has 0 unspecified atom stereocenters. The number of benzene rings is 2. The molecule has 32 heavy (non-hydrogen) atoms. The van der Waals surface area contributed by atoms with Gasteiger partial charge in [-0.1, -0.05) is 48.5 Å². The van der Waals surface area contributed by atoms with Crippen molar-refractivity contribution >= 4 is 11.5 Å². The van der Waals surface area contributed by atoms with Crippen molar-refractivity contribution in [2.45, 2.75) is 26.4 Å². The van der Waals surface area contributed by atoms with E-state index < -0.39 is 0 Å². The van der Waals surface area contributed by atoms with E-state index in [9.17, 15) is 0 Å². The van der Waals surface area contributed by atoms with Crippen molar-refractivity contribution in [3.8, 4) is 5.75 Å². The van der Waals surface area contributed by atoms with Crippen LogP contribution in [0.2, 0.25) is 0 Å². The van der Waals surface area contributed by atoms with E-state index in [1.807, 2.05) is 30.7 Å². The average Bonchev–Trinajstić information content (AvgIpc) is 3.17. The normalized spacial score (nSPS) is 14.3. The van der Waals surface area contributed by atoms with Gasteiger partial charge >= 0.3 is 0 Å². The minimum absolute atomic E-state index is 0.574. The maximum Gasteiger partial charge on any atom is 0.194 e. The van der Waals surface area contributed by atoms with E-state index in [0.717, 1.165) is 48.4 Å². The van der Waals surface area contributed by atoms with Crippen LogP contribution < -0.4 is 10.1 Å². The van der Waals surface area contributed by atoms with Crippen molar-refractivity contribution in [1.29, 1.82) is 0 Å². The van der Waals surface area contributed by atoms with Crippen molar-refractivity contribution in [3.05, 3.63) is 83.4 Å². The first-order valence-corrected chi connectivity index (χ1v) is 10.9. The van der Waals surface area contributed by atoms with Crippen LogP contribution in [0.1, 0.15) is 29.2 Å². The molecule has 2 heterocycles. The van der Waals surface area contributed by atoms with Crippen LogP contribution in [0.15, 0.2) is 65.7 Å². The molecule has 0 saturated carbocycles. The number of hydrogen-bond donors (Lipinski definition) is 1. The molecule has 0 radical (unpaired) electrons. The molecule has 1 aliphatic rings. The molecule has 1 aromatic heterocycles. The van der Waals surface area contributed by atoms with Gasteiger partial charge in [-0.15, -0.1) is 10.2 Å². The fourth-order valence-corrected chi connectivity index (χ4v) is 3.70. The summed E-state index contributed by atoms with van der Waals surface area (Å²) in [5, 5.41) is 11.9. The number of nitrogens with zero attached hydrogens (tertiary/aromatic N) is 5. The number of aliphatic imine (C=N–C) groups is 1. The van der Waals surface area contributed by atoms with E-state index in [4.69, 9.17) is 9.73 Å². The Bertz CT molecular complexity index is 1090. The molecule has 4 rings (SSSR count). The zero-order valence-electron chi connectivity index (χ0n) is 19.0. The van der Waals surface area contributed by atoms with E-state index >= 15 is 0 Å². The molecule has 7 heteroatoms. The second-order valence-corrected chi connectivity index (χ2v) is 7.86. The van der Waals surface area contributed by atoms with Gasteiger partial charge in [-0.25, -0.2) is 4.99 Å². The zero-order chi connectivity index (χ0) is 22.3. The maximum absolute atomic E-state index is 5.26. The second kappa shape index (κ2) is 10.1. The molecule has 0 fully saturated rings. The highest BCUT2D eigenvalue weighted by atomic mass is 16.5. The summed E-state index contributed by atoms with van der Waals surface area (Å²) in [7, 11) is 3.66. The Morgan fingerprint density at radius 2 is 1.88 bits per heavy atom. The largest absolute Gasteiger partial charge is 0.497 e. The van der Waals surface area contributed by atoms with Crippen LogP contribution >= 0.6 is 0 Å². The molecule has 0 saturated heterocycles. The van der Waals surface area contributed by atoms with Gasteiger partial charge in [0.25, 0.3) is 0 Å². The van der Waals surface area contributed by atoms with Crippen molar-refractivity contribution < 1.29 is 4.74 Å². The van der Waals surface area contributed by atoms with Crippen LogP contribution in [-0.2, 0) is 20.1 Å². The Labute approximate surface area is 189 Å². The van der Waals surface area contributed by atoms with E-state index in [-0.39, 0.29) is 0 Å². The highest BCUT2D eigenvalue weighted by Gasteiger charge is 2.17. The van der Waals surface area contributed by atoms with Crippen molar-refractivity contribution in [1.82, 2.24) is 25.0 Å². The Morgan fingerprint density at radius 1 is 1.09 bits per heavy atom. The Balaban J connectivity index is 1.50. The van der Waals surface area contributed by atoms with Crippen molar-refractivity contribution in [3.63, 3.8) is 0 Å². The molecule has 166 valence electrons. The highest BCUT2D eigenvalue weighted by Crippen LogP contribution is 2.22. The number of methoxy groups -OCH3 is 1. The van der Waals surface area contributed by atoms with E-state index in [1.165, 1.54) is 11.1 Å². The lowest BCUT2D eigenvalue weighted by molar-refractivity contribution is 0.414. The van der Waals surface area contributed by atoms with Gasteiger partial charge in [-0.05, 0) is 42.2 Å². The number of guanidine groups is 1. The minimum atomic E-state index is 0.574. The summed E-state index contributed by atoms with van der Waals surface area (Å²) in [5.41, 5.74) is 3.82. The lowest BCUT2D eigenvalue weighted by Gasteiger charge is -2.30. The maximum atomic E-state index is 5.26. The molecule has 0 bridgehead atoms. The molecule has 0 atom stereocenters. The van der Waals surface area contributed by atoms with Crippen LogP contribution in [-0.4, -0.2) is 45.8 Å². The highest BCUT2D eigenvalue weighted by molar-refractivity contribution is 5.81. The van der Waals surface area contributed by atoms with E-state index in [0.29, 0.717) is 13.1 Å². The third-order valence-corrected chi connectivity index (χ3v) is 5.81. The van der Waals surface area contributed by atoms with Crippen molar-refractivity contribution in [2.75, 3.05) is 20.2 Å². The summed E-state index contributed by atoms with van der Waals surface area (Å²) in [4.78, 5) is 7.22. The lowest BCUT2D eigenvalue weighted by Crippen LogP contribution is -2.43. The molecule has 0 amide bonds. The van der Waals surface area contributed by atoms with Gasteiger partial charge in [0.2, 0.25) is 0 Å². The van der Waals surface area contributed by atoms with Crippen LogP contribution in [0.5, 0.6) is 5.75 Å². The second-order valence-electron chi connectivity index (χ2n) is 7.86.